The van der Waals surface area contributed by atoms with E-state index in [4.69, 9.17) is 0 Å². The minimum atomic E-state index is -4.42. The van der Waals surface area contributed by atoms with E-state index >= 15 is 0 Å². The van der Waals surface area contributed by atoms with Crippen LogP contribution in [0.2, 0.25) is 0 Å². The van der Waals surface area contributed by atoms with Crippen LogP contribution in [-0.2, 0) is 6.18 Å². The summed E-state index contributed by atoms with van der Waals surface area (Å²) < 4.78 is 37.3. The molecule has 0 unspecified atom stereocenters. The Labute approximate surface area is 104 Å². The van der Waals surface area contributed by atoms with Crippen molar-refractivity contribution in [1.82, 2.24) is 5.32 Å². The van der Waals surface area contributed by atoms with Gasteiger partial charge >= 0.3 is 6.18 Å². The standard InChI is InChI=1S/C13H14F3NO/c1-17-7-3-2-4-10-5-6-12(13(14,15)16)8-11(10)9-18/h2,4-6,8-9,17H,3,7H2,1H3. The number of hydrogen-bond acceptors (Lipinski definition) is 2. The van der Waals surface area contributed by atoms with Gasteiger partial charge in [0.25, 0.3) is 0 Å². The molecule has 0 fully saturated rings. The molecule has 2 nitrogen and oxygen atoms in total. The van der Waals surface area contributed by atoms with Crippen molar-refractivity contribution in [2.75, 3.05) is 13.6 Å². The number of carbonyl (C=O) groups excluding carboxylic acids is 1. The number of aldehydes is 1. The third-order valence-electron chi connectivity index (χ3n) is 2.40. The molecule has 1 aromatic rings. The topological polar surface area (TPSA) is 29.1 Å². The second-order valence-corrected chi connectivity index (χ2v) is 3.75. The van der Waals surface area contributed by atoms with Gasteiger partial charge in [-0.25, -0.2) is 0 Å². The van der Waals surface area contributed by atoms with Gasteiger partial charge in [0.2, 0.25) is 0 Å². The number of benzene rings is 1. The first-order valence-corrected chi connectivity index (χ1v) is 5.46. The molecule has 18 heavy (non-hydrogen) atoms. The Bertz CT molecular complexity index is 438. The maximum Gasteiger partial charge on any atom is 0.416 e. The highest BCUT2D eigenvalue weighted by molar-refractivity contribution is 5.82. The number of halogens is 3. The third kappa shape index (κ3) is 4.00. The van der Waals surface area contributed by atoms with E-state index in [2.05, 4.69) is 5.32 Å². The largest absolute Gasteiger partial charge is 0.416 e. The molecule has 0 spiro atoms. The summed E-state index contributed by atoms with van der Waals surface area (Å²) in [4.78, 5) is 10.8. The van der Waals surface area contributed by atoms with E-state index in [-0.39, 0.29) is 5.56 Å². The fourth-order valence-electron chi connectivity index (χ4n) is 1.44. The average molecular weight is 257 g/mol. The quantitative estimate of drug-likeness (QED) is 0.648. The Hall–Kier alpha value is -1.62. The molecule has 98 valence electrons. The number of hydrogen-bond donors (Lipinski definition) is 1. The lowest BCUT2D eigenvalue weighted by Gasteiger charge is -2.08. The van der Waals surface area contributed by atoms with Crippen LogP contribution in [0.4, 0.5) is 13.2 Å². The van der Waals surface area contributed by atoms with Crippen molar-refractivity contribution in [3.63, 3.8) is 0 Å². The van der Waals surface area contributed by atoms with Crippen molar-refractivity contribution in [2.24, 2.45) is 0 Å². The molecule has 0 aromatic heterocycles. The van der Waals surface area contributed by atoms with Gasteiger partial charge in [-0.3, -0.25) is 4.79 Å². The number of carbonyl (C=O) groups is 1. The molecule has 0 aliphatic carbocycles. The van der Waals surface area contributed by atoms with Crippen LogP contribution in [0.3, 0.4) is 0 Å². The normalized spacial score (nSPS) is 12.0. The first-order chi connectivity index (χ1) is 8.49. The van der Waals surface area contributed by atoms with Gasteiger partial charge in [-0.05, 0) is 37.7 Å². The molecule has 0 heterocycles. The molecule has 0 aliphatic heterocycles. The molecule has 1 N–H and O–H groups in total. The molecule has 0 saturated carbocycles. The molecule has 0 aliphatic rings. The van der Waals surface area contributed by atoms with Crippen molar-refractivity contribution >= 4 is 12.4 Å². The molecular formula is C13H14F3NO. The monoisotopic (exact) mass is 257 g/mol. The highest BCUT2D eigenvalue weighted by atomic mass is 19.4. The number of alkyl halides is 3. The molecular weight excluding hydrogens is 243 g/mol. The van der Waals surface area contributed by atoms with E-state index in [1.165, 1.54) is 6.07 Å². The predicted molar refractivity (Wildman–Crippen MR) is 64.4 cm³/mol. The van der Waals surface area contributed by atoms with E-state index in [0.29, 0.717) is 11.8 Å². The van der Waals surface area contributed by atoms with Crippen LogP contribution < -0.4 is 5.32 Å². The first kappa shape index (κ1) is 14.4. The van der Waals surface area contributed by atoms with Crippen molar-refractivity contribution in [3.05, 3.63) is 41.0 Å². The number of nitrogens with one attached hydrogen (secondary N) is 1. The van der Waals surface area contributed by atoms with Crippen LogP contribution >= 0.6 is 0 Å². The van der Waals surface area contributed by atoms with Gasteiger partial charge in [0.05, 0.1) is 5.56 Å². The highest BCUT2D eigenvalue weighted by Crippen LogP contribution is 2.30. The minimum absolute atomic E-state index is 0.0468. The smallest absolute Gasteiger partial charge is 0.319 e. The van der Waals surface area contributed by atoms with Crippen LogP contribution in [-0.4, -0.2) is 19.9 Å². The lowest BCUT2D eigenvalue weighted by molar-refractivity contribution is -0.137. The van der Waals surface area contributed by atoms with Crippen molar-refractivity contribution in [2.45, 2.75) is 12.6 Å². The Kier molecular flexibility index (Phi) is 5.09. The van der Waals surface area contributed by atoms with Crippen LogP contribution in [0, 0.1) is 0 Å². The molecule has 5 heteroatoms. The molecule has 0 bridgehead atoms. The van der Waals surface area contributed by atoms with Gasteiger partial charge in [0, 0.05) is 5.56 Å². The maximum absolute atomic E-state index is 12.4. The second kappa shape index (κ2) is 6.35. The second-order valence-electron chi connectivity index (χ2n) is 3.75. The zero-order chi connectivity index (χ0) is 13.6. The van der Waals surface area contributed by atoms with Crippen molar-refractivity contribution in [1.29, 1.82) is 0 Å². The summed E-state index contributed by atoms with van der Waals surface area (Å²) in [6, 6.07) is 3.15. The van der Waals surface area contributed by atoms with Crippen molar-refractivity contribution < 1.29 is 18.0 Å². The molecule has 0 amide bonds. The van der Waals surface area contributed by atoms with Gasteiger partial charge in [-0.15, -0.1) is 0 Å². The Morgan fingerprint density at radius 2 is 2.00 bits per heavy atom. The van der Waals surface area contributed by atoms with Gasteiger partial charge in [-0.1, -0.05) is 18.2 Å². The Morgan fingerprint density at radius 1 is 1.28 bits per heavy atom. The molecule has 0 saturated heterocycles. The summed E-state index contributed by atoms with van der Waals surface area (Å²) in [7, 11) is 1.81. The summed E-state index contributed by atoms with van der Waals surface area (Å²) in [5, 5.41) is 2.94. The van der Waals surface area contributed by atoms with Crippen LogP contribution in [0.5, 0.6) is 0 Å². The van der Waals surface area contributed by atoms with E-state index in [1.54, 1.807) is 6.08 Å². The summed E-state index contributed by atoms with van der Waals surface area (Å²) in [5.41, 5.74) is -0.267. The summed E-state index contributed by atoms with van der Waals surface area (Å²) in [5.74, 6) is 0. The molecule has 1 aromatic carbocycles. The molecule has 0 atom stereocenters. The lowest BCUT2D eigenvalue weighted by atomic mass is 10.0. The fourth-order valence-corrected chi connectivity index (χ4v) is 1.44. The SMILES string of the molecule is CNCCC=Cc1ccc(C(F)(F)F)cc1C=O. The lowest BCUT2D eigenvalue weighted by Crippen LogP contribution is -2.06. The minimum Gasteiger partial charge on any atom is -0.319 e. The third-order valence-corrected chi connectivity index (χ3v) is 2.40. The Balaban J connectivity index is 2.94. The first-order valence-electron chi connectivity index (χ1n) is 5.46. The fraction of sp³-hybridized carbons (Fsp3) is 0.308. The maximum atomic E-state index is 12.4. The van der Waals surface area contributed by atoms with Gasteiger partial charge < -0.3 is 5.32 Å². The zero-order valence-corrected chi connectivity index (χ0v) is 9.92. The highest BCUT2D eigenvalue weighted by Gasteiger charge is 2.30. The van der Waals surface area contributed by atoms with E-state index < -0.39 is 11.7 Å². The van der Waals surface area contributed by atoms with E-state index in [1.807, 2.05) is 13.1 Å². The van der Waals surface area contributed by atoms with Gasteiger partial charge in [0.15, 0.2) is 6.29 Å². The van der Waals surface area contributed by atoms with Crippen LogP contribution in [0.1, 0.15) is 27.9 Å². The van der Waals surface area contributed by atoms with E-state index in [0.717, 1.165) is 25.1 Å². The summed E-state index contributed by atoms with van der Waals surface area (Å²) in [6.07, 6.45) is 0.224. The summed E-state index contributed by atoms with van der Waals surface area (Å²) in [6.45, 7) is 0.771. The summed E-state index contributed by atoms with van der Waals surface area (Å²) >= 11 is 0. The van der Waals surface area contributed by atoms with Gasteiger partial charge in [-0.2, -0.15) is 13.2 Å². The van der Waals surface area contributed by atoms with Crippen molar-refractivity contribution in [3.8, 4) is 0 Å². The van der Waals surface area contributed by atoms with Gasteiger partial charge in [0.1, 0.15) is 0 Å². The number of rotatable bonds is 5. The molecule has 0 radical (unpaired) electrons. The predicted octanol–water partition coefficient (Wildman–Crippen LogP) is 3.14. The zero-order valence-electron chi connectivity index (χ0n) is 9.92. The Morgan fingerprint density at radius 3 is 2.56 bits per heavy atom. The van der Waals surface area contributed by atoms with Crippen LogP contribution in [0.25, 0.3) is 6.08 Å². The van der Waals surface area contributed by atoms with Crippen LogP contribution in [0.15, 0.2) is 24.3 Å². The average Bonchev–Trinajstić information content (AvgIpc) is 2.33. The molecule has 1 rings (SSSR count). The van der Waals surface area contributed by atoms with E-state index in [9.17, 15) is 18.0 Å².